The van der Waals surface area contributed by atoms with E-state index < -0.39 is 24.7 Å². The molecule has 1 aliphatic rings. The van der Waals surface area contributed by atoms with Gasteiger partial charge in [0.15, 0.2) is 0 Å². The van der Waals surface area contributed by atoms with Gasteiger partial charge in [-0.25, -0.2) is 0 Å². The van der Waals surface area contributed by atoms with Crippen LogP contribution >= 0.6 is 0 Å². The molecule has 14 heavy (non-hydrogen) atoms. The van der Waals surface area contributed by atoms with Crippen LogP contribution in [0.2, 0.25) is 0 Å². The molecule has 0 aromatic heterocycles. The Balaban J connectivity index is 2.39. The van der Waals surface area contributed by atoms with Crippen molar-refractivity contribution in [1.29, 1.82) is 0 Å². The van der Waals surface area contributed by atoms with Gasteiger partial charge in [0.25, 0.3) is 0 Å². The first-order valence-corrected chi connectivity index (χ1v) is 4.49. The number of alkyl halides is 3. The number of hydrogen-bond donors (Lipinski definition) is 2. The zero-order valence-corrected chi connectivity index (χ0v) is 7.60. The van der Waals surface area contributed by atoms with Gasteiger partial charge >= 0.3 is 6.18 Å². The van der Waals surface area contributed by atoms with Crippen LogP contribution in [0.5, 0.6) is 0 Å². The highest BCUT2D eigenvalue weighted by Crippen LogP contribution is 2.29. The van der Waals surface area contributed by atoms with E-state index in [1.807, 2.05) is 0 Å². The van der Waals surface area contributed by atoms with Crippen LogP contribution in [0.1, 0.15) is 19.3 Å². The number of halogens is 3. The lowest BCUT2D eigenvalue weighted by atomic mass is 9.79. The third-order valence-electron chi connectivity index (χ3n) is 2.45. The van der Waals surface area contributed by atoms with E-state index in [0.29, 0.717) is 0 Å². The first-order valence-electron chi connectivity index (χ1n) is 4.49. The zero-order chi connectivity index (χ0) is 10.8. The Morgan fingerprint density at radius 3 is 2.36 bits per heavy atom. The highest BCUT2D eigenvalue weighted by molar-refractivity contribution is 5.80. The molecule has 0 bridgehead atoms. The molecule has 1 amide bonds. The molecular weight excluding hydrogens is 197 g/mol. The summed E-state index contributed by atoms with van der Waals surface area (Å²) in [7, 11) is 0. The van der Waals surface area contributed by atoms with Crippen molar-refractivity contribution in [1.82, 2.24) is 5.32 Å². The van der Waals surface area contributed by atoms with Crippen LogP contribution < -0.4 is 11.1 Å². The van der Waals surface area contributed by atoms with Crippen molar-refractivity contribution in [3.05, 3.63) is 0 Å². The van der Waals surface area contributed by atoms with Crippen molar-refractivity contribution in [2.45, 2.75) is 31.5 Å². The van der Waals surface area contributed by atoms with Gasteiger partial charge in [0.05, 0.1) is 12.6 Å². The van der Waals surface area contributed by atoms with Crippen LogP contribution in [0, 0.1) is 5.92 Å². The molecule has 3 nitrogen and oxygen atoms in total. The van der Waals surface area contributed by atoms with Crippen molar-refractivity contribution in [3.63, 3.8) is 0 Å². The molecular formula is C8H13F3N2O. The molecule has 1 rings (SSSR count). The van der Waals surface area contributed by atoms with E-state index in [9.17, 15) is 18.0 Å². The molecule has 82 valence electrons. The largest absolute Gasteiger partial charge is 0.401 e. The number of hydrogen-bond acceptors (Lipinski definition) is 2. The van der Waals surface area contributed by atoms with Crippen molar-refractivity contribution in [2.75, 3.05) is 6.54 Å². The first-order chi connectivity index (χ1) is 6.40. The summed E-state index contributed by atoms with van der Waals surface area (Å²) >= 11 is 0. The van der Waals surface area contributed by atoms with E-state index in [2.05, 4.69) is 5.32 Å². The van der Waals surface area contributed by atoms with E-state index in [4.69, 9.17) is 5.73 Å². The molecule has 1 aliphatic carbocycles. The van der Waals surface area contributed by atoms with Crippen LogP contribution in [-0.4, -0.2) is 24.7 Å². The van der Waals surface area contributed by atoms with E-state index in [-0.39, 0.29) is 5.92 Å². The summed E-state index contributed by atoms with van der Waals surface area (Å²) in [4.78, 5) is 10.8. The SMILES string of the molecule is NC(=O)C(NCC(F)(F)F)C1CCC1. The zero-order valence-electron chi connectivity index (χ0n) is 7.60. The van der Waals surface area contributed by atoms with Crippen molar-refractivity contribution < 1.29 is 18.0 Å². The fourth-order valence-corrected chi connectivity index (χ4v) is 1.50. The predicted molar refractivity (Wildman–Crippen MR) is 44.4 cm³/mol. The number of nitrogens with one attached hydrogen (secondary N) is 1. The monoisotopic (exact) mass is 210 g/mol. The number of nitrogens with two attached hydrogens (primary N) is 1. The first kappa shape index (κ1) is 11.3. The number of primary amides is 1. The Kier molecular flexibility index (Phi) is 3.36. The fourth-order valence-electron chi connectivity index (χ4n) is 1.50. The molecule has 0 radical (unpaired) electrons. The molecule has 0 aromatic rings. The minimum atomic E-state index is -4.29. The normalized spacial score (nSPS) is 20.2. The maximum Gasteiger partial charge on any atom is 0.401 e. The molecule has 1 saturated carbocycles. The summed E-state index contributed by atoms with van der Waals surface area (Å²) in [5, 5.41) is 2.16. The van der Waals surface area contributed by atoms with Crippen molar-refractivity contribution in [2.24, 2.45) is 11.7 Å². The van der Waals surface area contributed by atoms with Crippen LogP contribution in [-0.2, 0) is 4.79 Å². The summed E-state index contributed by atoms with van der Waals surface area (Å²) < 4.78 is 35.6. The van der Waals surface area contributed by atoms with Crippen LogP contribution in [0.3, 0.4) is 0 Å². The van der Waals surface area contributed by atoms with Gasteiger partial charge in [-0.15, -0.1) is 0 Å². The Hall–Kier alpha value is -0.780. The Labute approximate surface area is 79.8 Å². The van der Waals surface area contributed by atoms with Gasteiger partial charge < -0.3 is 5.73 Å². The topological polar surface area (TPSA) is 55.1 Å². The van der Waals surface area contributed by atoms with Gasteiger partial charge in [-0.3, -0.25) is 10.1 Å². The van der Waals surface area contributed by atoms with Gasteiger partial charge in [-0.1, -0.05) is 6.42 Å². The minimum Gasteiger partial charge on any atom is -0.368 e. The number of rotatable bonds is 4. The maximum atomic E-state index is 11.9. The Morgan fingerprint density at radius 2 is 2.07 bits per heavy atom. The van der Waals surface area contributed by atoms with Gasteiger partial charge in [0.1, 0.15) is 0 Å². The second-order valence-corrected chi connectivity index (χ2v) is 3.57. The quantitative estimate of drug-likeness (QED) is 0.720. The lowest BCUT2D eigenvalue weighted by Crippen LogP contribution is -2.51. The number of carbonyl (C=O) groups excluding carboxylic acids is 1. The standard InChI is InChI=1S/C8H13F3N2O/c9-8(10,11)4-13-6(7(12)14)5-2-1-3-5/h5-6,13H,1-4H2,(H2,12,14). The summed E-state index contributed by atoms with van der Waals surface area (Å²) in [5.74, 6) is -0.714. The molecule has 6 heteroatoms. The second kappa shape index (κ2) is 4.16. The molecule has 0 spiro atoms. The molecule has 0 saturated heterocycles. The molecule has 0 heterocycles. The van der Waals surface area contributed by atoms with Crippen LogP contribution in [0.25, 0.3) is 0 Å². The van der Waals surface area contributed by atoms with E-state index in [1.165, 1.54) is 0 Å². The molecule has 1 fully saturated rings. The summed E-state index contributed by atoms with van der Waals surface area (Å²) in [6, 6.07) is -0.828. The third kappa shape index (κ3) is 3.17. The summed E-state index contributed by atoms with van der Waals surface area (Å²) in [6.07, 6.45) is -1.78. The van der Waals surface area contributed by atoms with E-state index in [0.717, 1.165) is 19.3 Å². The third-order valence-corrected chi connectivity index (χ3v) is 2.45. The highest BCUT2D eigenvalue weighted by atomic mass is 19.4. The number of amides is 1. The van der Waals surface area contributed by atoms with Crippen molar-refractivity contribution >= 4 is 5.91 Å². The molecule has 0 aliphatic heterocycles. The maximum absolute atomic E-state index is 11.9. The Morgan fingerprint density at radius 1 is 1.50 bits per heavy atom. The Bertz CT molecular complexity index is 213. The lowest BCUT2D eigenvalue weighted by Gasteiger charge is -2.32. The fraction of sp³-hybridized carbons (Fsp3) is 0.875. The molecule has 0 aromatic carbocycles. The van der Waals surface area contributed by atoms with Gasteiger partial charge in [-0.05, 0) is 18.8 Å². The average molecular weight is 210 g/mol. The van der Waals surface area contributed by atoms with E-state index in [1.54, 1.807) is 0 Å². The molecule has 1 unspecified atom stereocenters. The summed E-state index contributed by atoms with van der Waals surface area (Å²) in [5.41, 5.74) is 5.01. The smallest absolute Gasteiger partial charge is 0.368 e. The minimum absolute atomic E-state index is 0.0187. The predicted octanol–water partition coefficient (Wildman–Crippen LogP) is 0.792. The van der Waals surface area contributed by atoms with Crippen LogP contribution in [0.4, 0.5) is 13.2 Å². The van der Waals surface area contributed by atoms with E-state index >= 15 is 0 Å². The molecule has 3 N–H and O–H groups in total. The van der Waals surface area contributed by atoms with Gasteiger partial charge in [0, 0.05) is 0 Å². The van der Waals surface area contributed by atoms with Gasteiger partial charge in [0.2, 0.25) is 5.91 Å². The highest BCUT2D eigenvalue weighted by Gasteiger charge is 2.35. The lowest BCUT2D eigenvalue weighted by molar-refractivity contribution is -0.133. The molecule has 1 atom stereocenters. The number of carbonyl (C=O) groups is 1. The van der Waals surface area contributed by atoms with Crippen LogP contribution in [0.15, 0.2) is 0 Å². The van der Waals surface area contributed by atoms with Crippen molar-refractivity contribution in [3.8, 4) is 0 Å². The average Bonchev–Trinajstić information content (AvgIpc) is 1.90. The summed E-state index contributed by atoms with van der Waals surface area (Å²) in [6.45, 7) is -1.16. The van der Waals surface area contributed by atoms with Gasteiger partial charge in [-0.2, -0.15) is 13.2 Å². The second-order valence-electron chi connectivity index (χ2n) is 3.57.